The Balaban J connectivity index is 1.72. The normalized spacial score (nSPS) is 18.7. The Labute approximate surface area is 160 Å². The Morgan fingerprint density at radius 1 is 1.04 bits per heavy atom. The van der Waals surface area contributed by atoms with Gasteiger partial charge in [-0.05, 0) is 41.8 Å². The summed E-state index contributed by atoms with van der Waals surface area (Å²) >= 11 is 3.49. The number of ether oxygens (including phenoxy) is 2. The van der Waals surface area contributed by atoms with E-state index in [-0.39, 0.29) is 12.1 Å². The van der Waals surface area contributed by atoms with Crippen LogP contribution in [-0.2, 0) is 0 Å². The number of rotatable bonds is 4. The quantitative estimate of drug-likeness (QED) is 0.692. The lowest BCUT2D eigenvalue weighted by molar-refractivity contribution is 0.352. The van der Waals surface area contributed by atoms with Gasteiger partial charge in [0.1, 0.15) is 6.33 Å². The predicted octanol–water partition coefficient (Wildman–Crippen LogP) is 4.20. The lowest BCUT2D eigenvalue weighted by atomic mass is 9.93. The summed E-state index contributed by atoms with van der Waals surface area (Å²) in [4.78, 5) is 4.38. The van der Waals surface area contributed by atoms with Crippen LogP contribution in [0.1, 0.15) is 29.6 Å². The first-order valence-corrected chi connectivity index (χ1v) is 9.12. The zero-order chi connectivity index (χ0) is 18.1. The first-order valence-electron chi connectivity index (χ1n) is 8.33. The molecule has 0 radical (unpaired) electrons. The number of methoxy groups -OCH3 is 2. The number of halogens is 1. The van der Waals surface area contributed by atoms with Gasteiger partial charge in [-0.25, -0.2) is 4.68 Å². The van der Waals surface area contributed by atoms with E-state index in [1.807, 2.05) is 16.8 Å². The number of benzene rings is 2. The summed E-state index contributed by atoms with van der Waals surface area (Å²) in [6.07, 6.45) is 2.44. The Kier molecular flexibility index (Phi) is 4.55. The van der Waals surface area contributed by atoms with Gasteiger partial charge in [-0.1, -0.05) is 34.1 Å². The van der Waals surface area contributed by atoms with Crippen molar-refractivity contribution in [2.24, 2.45) is 0 Å². The number of nitrogens with zero attached hydrogens (tertiary/aromatic N) is 3. The van der Waals surface area contributed by atoms with Crippen LogP contribution >= 0.6 is 15.9 Å². The van der Waals surface area contributed by atoms with Crippen molar-refractivity contribution in [2.75, 3.05) is 19.5 Å². The average Bonchev–Trinajstić information content (AvgIpc) is 3.16. The maximum Gasteiger partial charge on any atom is 0.222 e. The molecule has 1 aromatic heterocycles. The summed E-state index contributed by atoms with van der Waals surface area (Å²) in [6, 6.07) is 14.6. The van der Waals surface area contributed by atoms with Crippen LogP contribution in [-0.4, -0.2) is 29.0 Å². The zero-order valence-corrected chi connectivity index (χ0v) is 16.1. The largest absolute Gasteiger partial charge is 0.493 e. The molecule has 0 unspecified atom stereocenters. The van der Waals surface area contributed by atoms with Crippen LogP contribution in [0.2, 0.25) is 0 Å². The summed E-state index contributed by atoms with van der Waals surface area (Å²) in [5, 5.41) is 7.90. The molecule has 1 aliphatic rings. The van der Waals surface area contributed by atoms with Gasteiger partial charge >= 0.3 is 0 Å². The van der Waals surface area contributed by atoms with Crippen LogP contribution in [0.5, 0.6) is 11.5 Å². The third-order valence-electron chi connectivity index (χ3n) is 4.70. The second-order valence-electron chi connectivity index (χ2n) is 6.14. The molecule has 2 heterocycles. The predicted molar refractivity (Wildman–Crippen MR) is 103 cm³/mol. The second-order valence-corrected chi connectivity index (χ2v) is 7.06. The Hall–Kier alpha value is -2.54. The molecular weight excluding hydrogens is 396 g/mol. The molecule has 134 valence electrons. The maximum absolute atomic E-state index is 5.47. The smallest absolute Gasteiger partial charge is 0.222 e. The van der Waals surface area contributed by atoms with Gasteiger partial charge in [-0.2, -0.15) is 10.1 Å². The summed E-state index contributed by atoms with van der Waals surface area (Å²) in [5.74, 6) is 2.20. The number of hydrogen-bond donors (Lipinski definition) is 1. The van der Waals surface area contributed by atoms with E-state index < -0.39 is 0 Å². The fourth-order valence-corrected chi connectivity index (χ4v) is 3.64. The lowest BCUT2D eigenvalue weighted by Gasteiger charge is -2.32. The van der Waals surface area contributed by atoms with Gasteiger partial charge in [0.05, 0.1) is 26.3 Å². The molecule has 1 aliphatic heterocycles. The minimum Gasteiger partial charge on any atom is -0.493 e. The van der Waals surface area contributed by atoms with Crippen molar-refractivity contribution < 1.29 is 9.47 Å². The highest BCUT2D eigenvalue weighted by Gasteiger charge is 2.30. The first-order chi connectivity index (χ1) is 12.7. The lowest BCUT2D eigenvalue weighted by Crippen LogP contribution is -2.28. The fraction of sp³-hybridized carbons (Fsp3) is 0.263. The summed E-state index contributed by atoms with van der Waals surface area (Å²) in [6.45, 7) is 0. The summed E-state index contributed by atoms with van der Waals surface area (Å²) in [7, 11) is 3.29. The minimum atomic E-state index is 0.0576. The molecule has 4 rings (SSSR count). The van der Waals surface area contributed by atoms with E-state index in [1.165, 1.54) is 5.56 Å². The van der Waals surface area contributed by atoms with Crippen LogP contribution in [0.4, 0.5) is 5.95 Å². The van der Waals surface area contributed by atoms with E-state index in [0.29, 0.717) is 11.5 Å². The SMILES string of the molecule is COc1ccc([C@@H]2C[C@H](c3ccc(Br)cc3)Nc3ncnn32)cc1OC. The van der Waals surface area contributed by atoms with E-state index in [1.54, 1.807) is 20.5 Å². The van der Waals surface area contributed by atoms with Crippen LogP contribution in [0.15, 0.2) is 53.3 Å². The van der Waals surface area contributed by atoms with E-state index in [9.17, 15) is 0 Å². The molecule has 0 amide bonds. The van der Waals surface area contributed by atoms with Crippen molar-refractivity contribution >= 4 is 21.9 Å². The van der Waals surface area contributed by atoms with E-state index >= 15 is 0 Å². The highest BCUT2D eigenvalue weighted by Crippen LogP contribution is 2.40. The Bertz CT molecular complexity index is 910. The monoisotopic (exact) mass is 414 g/mol. The van der Waals surface area contributed by atoms with Crippen LogP contribution in [0.3, 0.4) is 0 Å². The average molecular weight is 415 g/mol. The fourth-order valence-electron chi connectivity index (χ4n) is 3.37. The molecule has 6 nitrogen and oxygen atoms in total. The maximum atomic E-state index is 5.47. The molecule has 0 saturated carbocycles. The molecule has 7 heteroatoms. The van der Waals surface area contributed by atoms with Crippen molar-refractivity contribution in [1.29, 1.82) is 0 Å². The Morgan fingerprint density at radius 2 is 1.77 bits per heavy atom. The number of hydrogen-bond acceptors (Lipinski definition) is 5. The van der Waals surface area contributed by atoms with Crippen molar-refractivity contribution in [3.05, 3.63) is 64.4 Å². The molecule has 1 N–H and O–H groups in total. The summed E-state index contributed by atoms with van der Waals surface area (Å²) in [5.41, 5.74) is 2.32. The minimum absolute atomic E-state index is 0.0576. The van der Waals surface area contributed by atoms with Gasteiger partial charge in [0.2, 0.25) is 5.95 Å². The number of anilines is 1. The third-order valence-corrected chi connectivity index (χ3v) is 5.22. The Morgan fingerprint density at radius 3 is 2.50 bits per heavy atom. The molecule has 2 aromatic carbocycles. The standard InChI is InChI=1S/C19H19BrN4O2/c1-25-17-8-5-13(9-18(17)26-2)16-10-15(12-3-6-14(20)7-4-12)23-19-21-11-22-24(16)19/h3-9,11,15-16H,10H2,1-2H3,(H,21,22,23)/t15-,16+/m1/s1. The number of nitrogens with one attached hydrogen (secondary N) is 1. The number of aromatic nitrogens is 3. The van der Waals surface area contributed by atoms with Gasteiger partial charge in [0.15, 0.2) is 11.5 Å². The highest BCUT2D eigenvalue weighted by atomic mass is 79.9. The van der Waals surface area contributed by atoms with Crippen LogP contribution in [0.25, 0.3) is 0 Å². The molecule has 26 heavy (non-hydrogen) atoms. The van der Waals surface area contributed by atoms with Gasteiger partial charge in [0.25, 0.3) is 0 Å². The topological polar surface area (TPSA) is 61.2 Å². The van der Waals surface area contributed by atoms with Gasteiger partial charge in [0, 0.05) is 4.47 Å². The molecule has 3 aromatic rings. The van der Waals surface area contributed by atoms with E-state index in [4.69, 9.17) is 9.47 Å². The molecule has 0 spiro atoms. The van der Waals surface area contributed by atoms with Crippen LogP contribution in [0, 0.1) is 0 Å². The van der Waals surface area contributed by atoms with Crippen LogP contribution < -0.4 is 14.8 Å². The van der Waals surface area contributed by atoms with Gasteiger partial charge < -0.3 is 14.8 Å². The summed E-state index contributed by atoms with van der Waals surface area (Å²) < 4.78 is 13.8. The van der Waals surface area contributed by atoms with Crippen molar-refractivity contribution in [1.82, 2.24) is 14.8 Å². The van der Waals surface area contributed by atoms with E-state index in [0.717, 1.165) is 22.4 Å². The molecule has 0 saturated heterocycles. The van der Waals surface area contributed by atoms with Gasteiger partial charge in [-0.15, -0.1) is 0 Å². The third kappa shape index (κ3) is 3.03. The second kappa shape index (κ2) is 6.99. The molecule has 0 bridgehead atoms. The van der Waals surface area contributed by atoms with E-state index in [2.05, 4.69) is 61.7 Å². The number of fused-ring (bicyclic) bond motifs is 1. The molecule has 0 fully saturated rings. The molecular formula is C19H19BrN4O2. The zero-order valence-electron chi connectivity index (χ0n) is 14.5. The van der Waals surface area contributed by atoms with Gasteiger partial charge in [-0.3, -0.25) is 0 Å². The van der Waals surface area contributed by atoms with Crippen molar-refractivity contribution in [2.45, 2.75) is 18.5 Å². The molecule has 2 atom stereocenters. The molecule has 0 aliphatic carbocycles. The van der Waals surface area contributed by atoms with Crippen molar-refractivity contribution in [3.63, 3.8) is 0 Å². The van der Waals surface area contributed by atoms with Crippen molar-refractivity contribution in [3.8, 4) is 11.5 Å². The highest BCUT2D eigenvalue weighted by molar-refractivity contribution is 9.10. The first kappa shape index (κ1) is 16.9.